The normalized spacial score (nSPS) is 13.8. The number of benzene rings is 3. The standard InChI is InChI=1S/C32H32ClN3O4/c1-4-5-17-34(32(38)22-10-8-11-23(33)19-22)21-30(37)36-27-13-7-6-12-26(27)35-18-9-14-28(35)31(36)25-20-24(39-2)15-16-29(25)40-3/h6-16,18-20,31H,4-5,17,21H2,1-3H3. The lowest BCUT2D eigenvalue weighted by atomic mass is 9.96. The van der Waals surface area contributed by atoms with E-state index in [9.17, 15) is 9.59 Å². The number of carbonyl (C=O) groups excluding carboxylic acids is 2. The predicted octanol–water partition coefficient (Wildman–Crippen LogP) is 6.53. The second kappa shape index (κ2) is 11.9. The van der Waals surface area contributed by atoms with Gasteiger partial charge in [0.05, 0.1) is 31.3 Å². The van der Waals surface area contributed by atoms with Gasteiger partial charge in [0.15, 0.2) is 0 Å². The van der Waals surface area contributed by atoms with E-state index in [1.807, 2.05) is 60.8 Å². The monoisotopic (exact) mass is 557 g/mol. The van der Waals surface area contributed by atoms with Crippen molar-refractivity contribution in [2.24, 2.45) is 0 Å². The Kier molecular flexibility index (Phi) is 8.12. The van der Waals surface area contributed by atoms with E-state index in [2.05, 4.69) is 11.5 Å². The summed E-state index contributed by atoms with van der Waals surface area (Å²) in [5.74, 6) is 0.851. The molecule has 5 rings (SSSR count). The molecule has 0 fully saturated rings. The molecule has 1 unspecified atom stereocenters. The first-order valence-corrected chi connectivity index (χ1v) is 13.7. The lowest BCUT2D eigenvalue weighted by molar-refractivity contribution is -0.119. The molecule has 0 radical (unpaired) electrons. The van der Waals surface area contributed by atoms with Crippen LogP contribution in [0.25, 0.3) is 5.69 Å². The first-order valence-electron chi connectivity index (χ1n) is 13.3. The zero-order valence-corrected chi connectivity index (χ0v) is 23.6. The molecule has 0 N–H and O–H groups in total. The lowest BCUT2D eigenvalue weighted by Gasteiger charge is -2.40. The van der Waals surface area contributed by atoms with E-state index < -0.39 is 6.04 Å². The third-order valence-electron chi connectivity index (χ3n) is 7.19. The molecule has 1 aliphatic heterocycles. The second-order valence-corrected chi connectivity index (χ2v) is 10.1. The van der Waals surface area contributed by atoms with Crippen molar-refractivity contribution in [1.29, 1.82) is 0 Å². The molecule has 0 saturated carbocycles. The summed E-state index contributed by atoms with van der Waals surface area (Å²) >= 11 is 6.19. The SMILES string of the molecule is CCCCN(CC(=O)N1c2ccccc2-n2cccc2C1c1cc(OC)ccc1OC)C(=O)c1cccc(Cl)c1. The van der Waals surface area contributed by atoms with Crippen molar-refractivity contribution in [2.45, 2.75) is 25.8 Å². The van der Waals surface area contributed by atoms with Gasteiger partial charge in [-0.15, -0.1) is 0 Å². The summed E-state index contributed by atoms with van der Waals surface area (Å²) in [7, 11) is 3.23. The van der Waals surface area contributed by atoms with Crippen molar-refractivity contribution in [3.05, 3.63) is 107 Å². The molecule has 3 aromatic carbocycles. The number of carbonyl (C=O) groups is 2. The molecule has 1 atom stereocenters. The Labute approximate surface area is 239 Å². The Morgan fingerprint density at radius 1 is 0.925 bits per heavy atom. The van der Waals surface area contributed by atoms with Crippen LogP contribution in [0.3, 0.4) is 0 Å². The van der Waals surface area contributed by atoms with Crippen molar-refractivity contribution in [1.82, 2.24) is 9.47 Å². The number of aromatic nitrogens is 1. The van der Waals surface area contributed by atoms with Gasteiger partial charge < -0.3 is 18.9 Å². The fourth-order valence-electron chi connectivity index (χ4n) is 5.25. The predicted molar refractivity (Wildman–Crippen MR) is 157 cm³/mol. The van der Waals surface area contributed by atoms with Gasteiger partial charge in [-0.05, 0) is 67.1 Å². The van der Waals surface area contributed by atoms with E-state index in [0.717, 1.165) is 35.5 Å². The molecular weight excluding hydrogens is 526 g/mol. The smallest absolute Gasteiger partial charge is 0.254 e. The Morgan fingerprint density at radius 3 is 2.45 bits per heavy atom. The molecule has 0 saturated heterocycles. The molecule has 8 heteroatoms. The maximum atomic E-state index is 14.4. The fourth-order valence-corrected chi connectivity index (χ4v) is 5.44. The number of hydrogen-bond acceptors (Lipinski definition) is 4. The van der Waals surface area contributed by atoms with Crippen molar-refractivity contribution in [2.75, 3.05) is 32.2 Å². The van der Waals surface area contributed by atoms with E-state index in [4.69, 9.17) is 21.1 Å². The highest BCUT2D eigenvalue weighted by Gasteiger charge is 2.38. The van der Waals surface area contributed by atoms with Crippen LogP contribution in [0.1, 0.15) is 47.4 Å². The molecule has 2 heterocycles. The highest BCUT2D eigenvalue weighted by molar-refractivity contribution is 6.31. The quantitative estimate of drug-likeness (QED) is 0.235. The highest BCUT2D eigenvalue weighted by atomic mass is 35.5. The minimum atomic E-state index is -0.517. The molecule has 7 nitrogen and oxygen atoms in total. The zero-order valence-electron chi connectivity index (χ0n) is 22.8. The van der Waals surface area contributed by atoms with Crippen molar-refractivity contribution >= 4 is 29.1 Å². The summed E-state index contributed by atoms with van der Waals surface area (Å²) in [6, 6.07) is 23.7. The van der Waals surface area contributed by atoms with Gasteiger partial charge in [-0.2, -0.15) is 0 Å². The van der Waals surface area contributed by atoms with Crippen molar-refractivity contribution in [3.8, 4) is 17.2 Å². The van der Waals surface area contributed by atoms with Crippen LogP contribution >= 0.6 is 11.6 Å². The van der Waals surface area contributed by atoms with Crippen LogP contribution in [0.15, 0.2) is 85.1 Å². The van der Waals surface area contributed by atoms with E-state index >= 15 is 0 Å². The third-order valence-corrected chi connectivity index (χ3v) is 7.42. The number of hydrogen-bond donors (Lipinski definition) is 0. The Morgan fingerprint density at radius 2 is 1.73 bits per heavy atom. The number of nitrogens with zero attached hydrogens (tertiary/aromatic N) is 3. The fraction of sp³-hybridized carbons (Fsp3) is 0.250. The van der Waals surface area contributed by atoms with E-state index in [1.54, 1.807) is 48.3 Å². The molecule has 40 heavy (non-hydrogen) atoms. The third kappa shape index (κ3) is 5.17. The van der Waals surface area contributed by atoms with Gasteiger partial charge in [-0.3, -0.25) is 14.5 Å². The van der Waals surface area contributed by atoms with Crippen LogP contribution in [0.5, 0.6) is 11.5 Å². The van der Waals surface area contributed by atoms with Gasteiger partial charge in [-0.25, -0.2) is 0 Å². The summed E-state index contributed by atoms with van der Waals surface area (Å²) in [6.45, 7) is 2.42. The molecular formula is C32H32ClN3O4. The summed E-state index contributed by atoms with van der Waals surface area (Å²) in [5, 5.41) is 0.475. The van der Waals surface area contributed by atoms with Crippen LogP contribution in [0.4, 0.5) is 5.69 Å². The van der Waals surface area contributed by atoms with Gasteiger partial charge >= 0.3 is 0 Å². The van der Waals surface area contributed by atoms with E-state index in [-0.39, 0.29) is 18.4 Å². The summed E-state index contributed by atoms with van der Waals surface area (Å²) < 4.78 is 13.4. The number of fused-ring (bicyclic) bond motifs is 3. The van der Waals surface area contributed by atoms with Crippen molar-refractivity contribution < 1.29 is 19.1 Å². The number of halogens is 1. The molecule has 1 aromatic heterocycles. The molecule has 0 spiro atoms. The number of rotatable bonds is 9. The topological polar surface area (TPSA) is 64.0 Å². The maximum absolute atomic E-state index is 14.4. The minimum Gasteiger partial charge on any atom is -0.497 e. The number of ether oxygens (including phenoxy) is 2. The molecule has 1 aliphatic rings. The number of unbranched alkanes of at least 4 members (excludes halogenated alkanes) is 1. The summed E-state index contributed by atoms with van der Waals surface area (Å²) in [4.78, 5) is 31.4. The molecule has 206 valence electrons. The Bertz CT molecular complexity index is 1530. The molecule has 0 bridgehead atoms. The molecule has 4 aromatic rings. The van der Waals surface area contributed by atoms with Gasteiger partial charge in [0, 0.05) is 28.9 Å². The van der Waals surface area contributed by atoms with Crippen LogP contribution in [-0.2, 0) is 4.79 Å². The van der Waals surface area contributed by atoms with Gasteiger partial charge in [0.25, 0.3) is 5.91 Å². The van der Waals surface area contributed by atoms with Gasteiger partial charge in [-0.1, -0.05) is 43.1 Å². The van der Waals surface area contributed by atoms with Gasteiger partial charge in [0.1, 0.15) is 24.1 Å². The Hall–Kier alpha value is -4.23. The second-order valence-electron chi connectivity index (χ2n) is 9.66. The zero-order chi connectivity index (χ0) is 28.2. The van der Waals surface area contributed by atoms with Crippen LogP contribution < -0.4 is 14.4 Å². The highest BCUT2D eigenvalue weighted by Crippen LogP contribution is 2.45. The van der Waals surface area contributed by atoms with E-state index in [1.165, 1.54) is 0 Å². The van der Waals surface area contributed by atoms with Gasteiger partial charge in [0.2, 0.25) is 5.91 Å². The largest absolute Gasteiger partial charge is 0.497 e. The van der Waals surface area contributed by atoms with Crippen LogP contribution in [0, 0.1) is 0 Å². The number of methoxy groups -OCH3 is 2. The molecule has 0 aliphatic carbocycles. The molecule has 2 amide bonds. The lowest BCUT2D eigenvalue weighted by Crippen LogP contribution is -2.47. The average molecular weight is 558 g/mol. The Balaban J connectivity index is 1.61. The summed E-state index contributed by atoms with van der Waals surface area (Å²) in [5.41, 5.74) is 3.77. The summed E-state index contributed by atoms with van der Waals surface area (Å²) in [6.07, 6.45) is 3.65. The first-order chi connectivity index (χ1) is 19.5. The van der Waals surface area contributed by atoms with Crippen LogP contribution in [0.2, 0.25) is 5.02 Å². The number of para-hydroxylation sites is 2. The van der Waals surface area contributed by atoms with Crippen LogP contribution in [-0.4, -0.2) is 48.6 Å². The van der Waals surface area contributed by atoms with E-state index in [0.29, 0.717) is 28.6 Å². The minimum absolute atomic E-state index is 0.0941. The first kappa shape index (κ1) is 27.3. The number of amides is 2. The average Bonchev–Trinajstić information content (AvgIpc) is 3.48. The maximum Gasteiger partial charge on any atom is 0.254 e. The van der Waals surface area contributed by atoms with Crippen molar-refractivity contribution in [3.63, 3.8) is 0 Å². The number of anilines is 1.